The Kier molecular flexibility index (Phi) is 3.56. The van der Waals surface area contributed by atoms with E-state index in [0.717, 1.165) is 13.1 Å². The van der Waals surface area contributed by atoms with Crippen LogP contribution in [0.2, 0.25) is 0 Å². The number of morpholine rings is 1. The Labute approximate surface area is 90.4 Å². The third-order valence-electron chi connectivity index (χ3n) is 2.69. The summed E-state index contributed by atoms with van der Waals surface area (Å²) in [6, 6.07) is 0. The second-order valence-electron chi connectivity index (χ2n) is 4.50. The van der Waals surface area contributed by atoms with E-state index < -0.39 is 5.54 Å². The van der Waals surface area contributed by atoms with Crippen molar-refractivity contribution in [3.8, 4) is 0 Å². The lowest BCUT2D eigenvalue weighted by atomic mass is 10.0. The van der Waals surface area contributed by atoms with Crippen LogP contribution in [0.1, 0.15) is 27.7 Å². The van der Waals surface area contributed by atoms with Crippen molar-refractivity contribution in [3.05, 3.63) is 0 Å². The van der Waals surface area contributed by atoms with Crippen molar-refractivity contribution in [3.63, 3.8) is 0 Å². The Bertz CT molecular complexity index is 220. The predicted molar refractivity (Wildman–Crippen MR) is 56.5 cm³/mol. The summed E-state index contributed by atoms with van der Waals surface area (Å²) < 4.78 is 5.60. The molecule has 4 heteroatoms. The van der Waals surface area contributed by atoms with Gasteiger partial charge >= 0.3 is 0 Å². The van der Waals surface area contributed by atoms with Gasteiger partial charge in [-0.2, -0.15) is 0 Å². The van der Waals surface area contributed by atoms with Crippen LogP contribution in [0, 0.1) is 0 Å². The molecule has 0 spiro atoms. The van der Waals surface area contributed by atoms with Gasteiger partial charge in [-0.05, 0) is 39.3 Å². The van der Waals surface area contributed by atoms with Gasteiger partial charge in [0, 0.05) is 13.1 Å². The van der Waals surface area contributed by atoms with Gasteiger partial charge in [0.15, 0.2) is 0 Å². The smallest absolute Gasteiger partial charge is 0.241 e. The first-order valence-electron chi connectivity index (χ1n) is 4.94. The number of hydrogen-bond acceptors (Lipinski definition) is 3. The Morgan fingerprint density at radius 3 is 2.14 bits per heavy atom. The van der Waals surface area contributed by atoms with Gasteiger partial charge in [-0.3, -0.25) is 9.69 Å². The van der Waals surface area contributed by atoms with E-state index in [0.29, 0.717) is 0 Å². The molecule has 1 aliphatic rings. The topological polar surface area (TPSA) is 29.5 Å². The molecule has 82 valence electrons. The Balaban J connectivity index is 2.72. The van der Waals surface area contributed by atoms with Gasteiger partial charge in [0.2, 0.25) is 5.24 Å². The lowest BCUT2D eigenvalue weighted by Crippen LogP contribution is -2.57. The zero-order chi connectivity index (χ0) is 10.9. The van der Waals surface area contributed by atoms with Crippen molar-refractivity contribution in [1.82, 2.24) is 4.90 Å². The van der Waals surface area contributed by atoms with E-state index in [4.69, 9.17) is 16.3 Å². The molecule has 0 bridgehead atoms. The number of halogens is 1. The summed E-state index contributed by atoms with van der Waals surface area (Å²) in [6.45, 7) is 9.25. The standard InChI is InChI=1S/C10H18ClNO2/c1-7-5-12(6-8(2)14-7)10(3,4)9(11)13/h7-8H,5-6H2,1-4H3. The van der Waals surface area contributed by atoms with E-state index in [1.807, 2.05) is 27.7 Å². The fourth-order valence-electron chi connectivity index (χ4n) is 1.76. The molecule has 0 N–H and O–H groups in total. The minimum atomic E-state index is -0.589. The first-order chi connectivity index (χ1) is 6.34. The Morgan fingerprint density at radius 2 is 1.79 bits per heavy atom. The van der Waals surface area contributed by atoms with Gasteiger partial charge < -0.3 is 4.74 Å². The summed E-state index contributed by atoms with van der Waals surface area (Å²) >= 11 is 5.58. The van der Waals surface area contributed by atoms with Gasteiger partial charge in [0.1, 0.15) is 0 Å². The highest BCUT2D eigenvalue weighted by Crippen LogP contribution is 2.23. The molecular formula is C10H18ClNO2. The first-order valence-corrected chi connectivity index (χ1v) is 5.32. The van der Waals surface area contributed by atoms with E-state index in [-0.39, 0.29) is 17.5 Å². The average Bonchev–Trinajstić information content (AvgIpc) is 2.01. The van der Waals surface area contributed by atoms with Gasteiger partial charge in [0.25, 0.3) is 0 Å². The first kappa shape index (κ1) is 12.0. The molecule has 2 atom stereocenters. The molecule has 0 amide bonds. The molecule has 2 unspecified atom stereocenters. The van der Waals surface area contributed by atoms with E-state index in [2.05, 4.69) is 4.90 Å². The molecule has 0 aromatic heterocycles. The van der Waals surface area contributed by atoms with Crippen molar-refractivity contribution < 1.29 is 9.53 Å². The molecule has 0 aliphatic carbocycles. The lowest BCUT2D eigenvalue weighted by molar-refractivity contribution is -0.132. The zero-order valence-corrected chi connectivity index (χ0v) is 9.97. The number of carbonyl (C=O) groups excluding carboxylic acids is 1. The quantitative estimate of drug-likeness (QED) is 0.662. The second kappa shape index (κ2) is 4.17. The second-order valence-corrected chi connectivity index (χ2v) is 4.84. The maximum Gasteiger partial charge on any atom is 0.241 e. The maximum absolute atomic E-state index is 11.3. The van der Waals surface area contributed by atoms with E-state index in [9.17, 15) is 4.79 Å². The van der Waals surface area contributed by atoms with Crippen LogP contribution in [0.4, 0.5) is 0 Å². The van der Waals surface area contributed by atoms with Gasteiger partial charge in [-0.25, -0.2) is 0 Å². The largest absolute Gasteiger partial charge is 0.373 e. The molecular weight excluding hydrogens is 202 g/mol. The van der Waals surface area contributed by atoms with Crippen LogP contribution in [0.25, 0.3) is 0 Å². The van der Waals surface area contributed by atoms with Crippen LogP contribution >= 0.6 is 11.6 Å². The molecule has 1 fully saturated rings. The highest BCUT2D eigenvalue weighted by molar-refractivity contribution is 6.65. The van der Waals surface area contributed by atoms with E-state index >= 15 is 0 Å². The summed E-state index contributed by atoms with van der Waals surface area (Å²) in [4.78, 5) is 13.3. The van der Waals surface area contributed by atoms with Crippen LogP contribution in [-0.4, -0.2) is 41.0 Å². The summed E-state index contributed by atoms with van der Waals surface area (Å²) in [5, 5.41) is -0.307. The SMILES string of the molecule is CC1CN(C(C)(C)C(=O)Cl)CC(C)O1. The predicted octanol–water partition coefficient (Wildman–Crippen LogP) is 1.64. The molecule has 1 aliphatic heterocycles. The third-order valence-corrected chi connectivity index (χ3v) is 3.15. The molecule has 3 nitrogen and oxygen atoms in total. The highest BCUT2D eigenvalue weighted by Gasteiger charge is 2.37. The van der Waals surface area contributed by atoms with Crippen molar-refractivity contribution in [1.29, 1.82) is 0 Å². The molecule has 0 aromatic rings. The molecule has 14 heavy (non-hydrogen) atoms. The van der Waals surface area contributed by atoms with Crippen LogP contribution in [0.15, 0.2) is 0 Å². The van der Waals surface area contributed by atoms with Gasteiger partial charge in [-0.15, -0.1) is 0 Å². The van der Waals surface area contributed by atoms with E-state index in [1.165, 1.54) is 0 Å². The molecule has 0 radical (unpaired) electrons. The van der Waals surface area contributed by atoms with Crippen LogP contribution in [-0.2, 0) is 9.53 Å². The summed E-state index contributed by atoms with van der Waals surface area (Å²) in [7, 11) is 0. The minimum Gasteiger partial charge on any atom is -0.373 e. The van der Waals surface area contributed by atoms with Crippen molar-refractivity contribution in [2.45, 2.75) is 45.4 Å². The van der Waals surface area contributed by atoms with Crippen LogP contribution < -0.4 is 0 Å². The van der Waals surface area contributed by atoms with Gasteiger partial charge in [0.05, 0.1) is 17.7 Å². The molecule has 0 saturated carbocycles. The summed E-state index contributed by atoms with van der Waals surface area (Å²) in [6.07, 6.45) is 0.322. The Morgan fingerprint density at radius 1 is 1.36 bits per heavy atom. The summed E-state index contributed by atoms with van der Waals surface area (Å²) in [5.41, 5.74) is -0.589. The monoisotopic (exact) mass is 219 g/mol. The minimum absolute atomic E-state index is 0.161. The van der Waals surface area contributed by atoms with Crippen molar-refractivity contribution in [2.75, 3.05) is 13.1 Å². The molecule has 1 rings (SSSR count). The summed E-state index contributed by atoms with van der Waals surface area (Å²) in [5.74, 6) is 0. The third kappa shape index (κ3) is 2.47. The molecule has 1 saturated heterocycles. The number of nitrogens with zero attached hydrogens (tertiary/aromatic N) is 1. The van der Waals surface area contributed by atoms with Crippen molar-refractivity contribution >= 4 is 16.8 Å². The number of rotatable bonds is 2. The fraction of sp³-hybridized carbons (Fsp3) is 0.900. The lowest BCUT2D eigenvalue weighted by Gasteiger charge is -2.42. The highest BCUT2D eigenvalue weighted by atomic mass is 35.5. The van der Waals surface area contributed by atoms with E-state index in [1.54, 1.807) is 0 Å². The average molecular weight is 220 g/mol. The zero-order valence-electron chi connectivity index (χ0n) is 9.21. The maximum atomic E-state index is 11.3. The van der Waals surface area contributed by atoms with Gasteiger partial charge in [-0.1, -0.05) is 0 Å². The number of ether oxygens (including phenoxy) is 1. The molecule has 0 aromatic carbocycles. The fourth-order valence-corrected chi connectivity index (χ4v) is 1.88. The van der Waals surface area contributed by atoms with Crippen molar-refractivity contribution in [2.24, 2.45) is 0 Å². The van der Waals surface area contributed by atoms with Crippen LogP contribution in [0.5, 0.6) is 0 Å². The Hall–Kier alpha value is -0.120. The molecule has 1 heterocycles. The normalized spacial score (nSPS) is 30.4. The van der Waals surface area contributed by atoms with Crippen LogP contribution in [0.3, 0.4) is 0 Å². The number of carbonyl (C=O) groups is 1. The number of hydrogen-bond donors (Lipinski definition) is 0.